The number of para-hydroxylation sites is 2. The molecule has 268 valence electrons. The molecule has 3 heterocycles. The standard InChI is InChI=1S/C35H38N6O9S/c1-24(2)25-11-12-32(37-22-25)51(45,46)39-27-20-26(34(43)41-16-14-40(23-42)15-17-41)21-30(33(27)50-29-9-5-4-8-28(29)47-3)48-18-19-49-35(44)38-31-10-6-7-13-36-31/h4-13,20-24,39H,14-19H2,1-3H3,(H,36,38,44). The zero-order valence-electron chi connectivity index (χ0n) is 28.3. The van der Waals surface area contributed by atoms with Gasteiger partial charge < -0.3 is 28.7 Å². The van der Waals surface area contributed by atoms with E-state index < -0.39 is 22.0 Å². The van der Waals surface area contributed by atoms with E-state index >= 15 is 0 Å². The van der Waals surface area contributed by atoms with Gasteiger partial charge in [0, 0.05) is 44.1 Å². The number of anilines is 2. The summed E-state index contributed by atoms with van der Waals surface area (Å²) in [5.74, 6) is 0.422. The van der Waals surface area contributed by atoms with Gasteiger partial charge in [-0.05, 0) is 53.9 Å². The highest BCUT2D eigenvalue weighted by Gasteiger charge is 2.28. The van der Waals surface area contributed by atoms with Crippen LogP contribution in [0.2, 0.25) is 0 Å². The lowest BCUT2D eigenvalue weighted by molar-refractivity contribution is -0.119. The molecule has 4 aromatic rings. The number of aromatic nitrogens is 2. The maximum atomic E-state index is 13.8. The average Bonchev–Trinajstić information content (AvgIpc) is 3.14. The van der Waals surface area contributed by atoms with E-state index in [1.54, 1.807) is 58.3 Å². The Morgan fingerprint density at radius 1 is 0.922 bits per heavy atom. The fraction of sp³-hybridized carbons (Fsp3) is 0.286. The first-order chi connectivity index (χ1) is 24.6. The summed E-state index contributed by atoms with van der Waals surface area (Å²) in [6.07, 6.45) is 2.96. The molecule has 0 radical (unpaired) electrons. The molecule has 1 aliphatic rings. The van der Waals surface area contributed by atoms with Gasteiger partial charge in [-0.2, -0.15) is 8.42 Å². The number of sulfonamides is 1. The predicted molar refractivity (Wildman–Crippen MR) is 187 cm³/mol. The van der Waals surface area contributed by atoms with Crippen molar-refractivity contribution >= 4 is 39.9 Å². The largest absolute Gasteiger partial charge is 0.493 e. The number of hydrogen-bond acceptors (Lipinski definition) is 11. The van der Waals surface area contributed by atoms with Gasteiger partial charge in [0.25, 0.3) is 15.9 Å². The minimum absolute atomic E-state index is 0.0344. The van der Waals surface area contributed by atoms with E-state index in [0.717, 1.165) is 12.0 Å². The number of nitrogens with zero attached hydrogens (tertiary/aromatic N) is 4. The molecule has 2 aromatic carbocycles. The molecular formula is C35H38N6O9S. The molecule has 5 rings (SSSR count). The SMILES string of the molecule is COc1ccccc1Oc1c(NS(=O)(=O)c2ccc(C(C)C)cn2)cc(C(=O)N2CCN(C=O)CC2)cc1OCCOC(=O)Nc1ccccn1. The van der Waals surface area contributed by atoms with Crippen molar-refractivity contribution in [3.63, 3.8) is 0 Å². The molecule has 0 unspecified atom stereocenters. The minimum atomic E-state index is -4.33. The van der Waals surface area contributed by atoms with Gasteiger partial charge in [0.1, 0.15) is 19.0 Å². The number of carbonyl (C=O) groups is 3. The van der Waals surface area contributed by atoms with Crippen LogP contribution >= 0.6 is 0 Å². The Morgan fingerprint density at radius 2 is 1.67 bits per heavy atom. The lowest BCUT2D eigenvalue weighted by Gasteiger charge is -2.32. The zero-order valence-corrected chi connectivity index (χ0v) is 29.1. The van der Waals surface area contributed by atoms with Crippen LogP contribution in [0.15, 0.2) is 84.1 Å². The fourth-order valence-electron chi connectivity index (χ4n) is 4.99. The number of methoxy groups -OCH3 is 1. The summed E-state index contributed by atoms with van der Waals surface area (Å²) >= 11 is 0. The molecule has 3 amide bonds. The number of rotatable bonds is 14. The van der Waals surface area contributed by atoms with Crippen LogP contribution in [-0.2, 0) is 19.6 Å². The van der Waals surface area contributed by atoms with Gasteiger partial charge in [0.15, 0.2) is 28.0 Å². The topological polar surface area (TPSA) is 179 Å². The molecule has 0 bridgehead atoms. The van der Waals surface area contributed by atoms with Crippen LogP contribution < -0.4 is 24.2 Å². The van der Waals surface area contributed by atoms with E-state index in [1.807, 2.05) is 13.8 Å². The number of piperazine rings is 1. The highest BCUT2D eigenvalue weighted by Crippen LogP contribution is 2.43. The van der Waals surface area contributed by atoms with Crippen molar-refractivity contribution in [3.8, 4) is 23.0 Å². The summed E-state index contributed by atoms with van der Waals surface area (Å²) in [6, 6.07) is 17.5. The fourth-order valence-corrected chi connectivity index (χ4v) is 5.98. The monoisotopic (exact) mass is 718 g/mol. The summed E-state index contributed by atoms with van der Waals surface area (Å²) < 4.78 is 53.1. The molecule has 0 atom stereocenters. The highest BCUT2D eigenvalue weighted by atomic mass is 32.2. The van der Waals surface area contributed by atoms with Crippen molar-refractivity contribution in [1.29, 1.82) is 0 Å². The van der Waals surface area contributed by atoms with Crippen molar-refractivity contribution < 1.29 is 41.7 Å². The van der Waals surface area contributed by atoms with E-state index in [-0.39, 0.29) is 65.7 Å². The Bertz CT molecular complexity index is 1940. The summed E-state index contributed by atoms with van der Waals surface area (Å²) in [5.41, 5.74) is 0.798. The lowest BCUT2D eigenvalue weighted by atomic mass is 10.1. The first-order valence-corrected chi connectivity index (χ1v) is 17.5. The van der Waals surface area contributed by atoms with Gasteiger partial charge in [0.05, 0.1) is 12.8 Å². The van der Waals surface area contributed by atoms with Gasteiger partial charge in [0.2, 0.25) is 6.41 Å². The molecule has 15 nitrogen and oxygen atoms in total. The van der Waals surface area contributed by atoms with Gasteiger partial charge >= 0.3 is 6.09 Å². The van der Waals surface area contributed by atoms with E-state index in [2.05, 4.69) is 20.0 Å². The Morgan fingerprint density at radius 3 is 2.31 bits per heavy atom. The Balaban J connectivity index is 1.50. The molecular weight excluding hydrogens is 680 g/mol. The number of nitrogens with one attached hydrogen (secondary N) is 2. The Labute approximate surface area is 295 Å². The van der Waals surface area contributed by atoms with Crippen LogP contribution in [0.1, 0.15) is 35.7 Å². The molecule has 0 saturated carbocycles. The summed E-state index contributed by atoms with van der Waals surface area (Å²) in [7, 11) is -2.88. The second kappa shape index (κ2) is 16.7. The van der Waals surface area contributed by atoms with E-state index in [0.29, 0.717) is 24.7 Å². The second-order valence-corrected chi connectivity index (χ2v) is 13.2. The third-order valence-electron chi connectivity index (χ3n) is 7.75. The van der Waals surface area contributed by atoms with Crippen LogP contribution in [-0.4, -0.2) is 93.1 Å². The maximum absolute atomic E-state index is 13.8. The first-order valence-electron chi connectivity index (χ1n) is 16.0. The van der Waals surface area contributed by atoms with E-state index in [9.17, 15) is 22.8 Å². The molecule has 1 fully saturated rings. The molecule has 0 spiro atoms. The maximum Gasteiger partial charge on any atom is 0.412 e. The van der Waals surface area contributed by atoms with Crippen LogP contribution in [0, 0.1) is 0 Å². The van der Waals surface area contributed by atoms with E-state index in [1.165, 1.54) is 37.7 Å². The molecule has 2 aromatic heterocycles. The summed E-state index contributed by atoms with van der Waals surface area (Å²) in [6.45, 7) is 4.69. The van der Waals surface area contributed by atoms with Crippen LogP contribution in [0.4, 0.5) is 16.3 Å². The van der Waals surface area contributed by atoms with Crippen molar-refractivity contribution in [2.75, 3.05) is 56.5 Å². The molecule has 0 aliphatic carbocycles. The van der Waals surface area contributed by atoms with Crippen molar-refractivity contribution in [2.45, 2.75) is 24.8 Å². The number of carbonyl (C=O) groups excluding carboxylic acids is 3. The highest BCUT2D eigenvalue weighted by molar-refractivity contribution is 7.92. The molecule has 51 heavy (non-hydrogen) atoms. The molecule has 2 N–H and O–H groups in total. The second-order valence-electron chi connectivity index (χ2n) is 11.6. The number of hydrogen-bond donors (Lipinski definition) is 2. The molecule has 1 saturated heterocycles. The Hall–Kier alpha value is -5.90. The van der Waals surface area contributed by atoms with Gasteiger partial charge in [-0.25, -0.2) is 14.8 Å². The summed E-state index contributed by atoms with van der Waals surface area (Å²) in [4.78, 5) is 48.7. The van der Waals surface area contributed by atoms with Crippen LogP contribution in [0.3, 0.4) is 0 Å². The van der Waals surface area contributed by atoms with Crippen LogP contribution in [0.5, 0.6) is 23.0 Å². The third-order valence-corrected chi connectivity index (χ3v) is 9.03. The quantitative estimate of drug-likeness (QED) is 0.136. The number of ether oxygens (including phenoxy) is 4. The zero-order chi connectivity index (χ0) is 36.4. The Kier molecular flexibility index (Phi) is 11.9. The lowest BCUT2D eigenvalue weighted by Crippen LogP contribution is -2.48. The van der Waals surface area contributed by atoms with Crippen molar-refractivity contribution in [2.24, 2.45) is 0 Å². The van der Waals surface area contributed by atoms with Crippen molar-refractivity contribution in [1.82, 2.24) is 19.8 Å². The number of benzene rings is 2. The van der Waals surface area contributed by atoms with E-state index in [4.69, 9.17) is 18.9 Å². The first kappa shape index (κ1) is 36.4. The smallest absolute Gasteiger partial charge is 0.412 e. The van der Waals surface area contributed by atoms with Gasteiger partial charge in [-0.15, -0.1) is 0 Å². The predicted octanol–water partition coefficient (Wildman–Crippen LogP) is 4.74. The number of amides is 3. The van der Waals surface area contributed by atoms with Crippen molar-refractivity contribution in [3.05, 3.63) is 90.3 Å². The van der Waals surface area contributed by atoms with Gasteiger partial charge in [-0.3, -0.25) is 19.6 Å². The van der Waals surface area contributed by atoms with Gasteiger partial charge in [-0.1, -0.05) is 38.1 Å². The summed E-state index contributed by atoms with van der Waals surface area (Å²) in [5, 5.41) is 2.24. The third kappa shape index (κ3) is 9.42. The molecule has 16 heteroatoms. The normalized spacial score (nSPS) is 12.9. The number of pyridine rings is 2. The average molecular weight is 719 g/mol. The minimum Gasteiger partial charge on any atom is -0.493 e. The van der Waals surface area contributed by atoms with Crippen LogP contribution in [0.25, 0.3) is 0 Å². The molecule has 1 aliphatic heterocycles.